The molecule has 0 aliphatic heterocycles. The van der Waals surface area contributed by atoms with Crippen LogP contribution in [0.2, 0.25) is 0 Å². The molecule has 1 aliphatic rings. The summed E-state index contributed by atoms with van der Waals surface area (Å²) in [5.74, 6) is 0.553. The standard InChI is InChI=1S/C17H26N4O3S/c1-12(22)20-15(8-11-25-2)16(23)21-13-4-6-14(7-5-13)24-17-18-9-3-10-19-17/h3,9-10,13-15H,4-8,11H2,1-2H3,(H,20,22)(H,21,23)/t13?,14?,15-/m1/s1. The zero-order valence-corrected chi connectivity index (χ0v) is 15.6. The van der Waals surface area contributed by atoms with Gasteiger partial charge in [-0.25, -0.2) is 9.97 Å². The van der Waals surface area contributed by atoms with E-state index in [0.29, 0.717) is 12.4 Å². The van der Waals surface area contributed by atoms with Crippen LogP contribution in [-0.4, -0.2) is 52.0 Å². The lowest BCUT2D eigenvalue weighted by atomic mass is 9.92. The van der Waals surface area contributed by atoms with E-state index in [1.165, 1.54) is 6.92 Å². The zero-order valence-electron chi connectivity index (χ0n) is 14.7. The molecule has 7 nitrogen and oxygen atoms in total. The van der Waals surface area contributed by atoms with Crippen molar-refractivity contribution >= 4 is 23.6 Å². The molecule has 0 aromatic carbocycles. The minimum atomic E-state index is -0.461. The van der Waals surface area contributed by atoms with Crippen LogP contribution >= 0.6 is 11.8 Å². The molecule has 1 atom stereocenters. The van der Waals surface area contributed by atoms with Gasteiger partial charge in [0.25, 0.3) is 0 Å². The zero-order chi connectivity index (χ0) is 18.1. The van der Waals surface area contributed by atoms with Crippen molar-refractivity contribution in [1.82, 2.24) is 20.6 Å². The van der Waals surface area contributed by atoms with Crippen LogP contribution in [0.5, 0.6) is 6.01 Å². The van der Waals surface area contributed by atoms with Crippen molar-refractivity contribution < 1.29 is 14.3 Å². The van der Waals surface area contributed by atoms with Gasteiger partial charge in [-0.15, -0.1) is 0 Å². The molecule has 0 saturated heterocycles. The Balaban J connectivity index is 1.77. The maximum absolute atomic E-state index is 12.4. The Labute approximate surface area is 152 Å². The molecule has 0 bridgehead atoms. The van der Waals surface area contributed by atoms with Gasteiger partial charge in [-0.3, -0.25) is 9.59 Å². The smallest absolute Gasteiger partial charge is 0.316 e. The molecule has 1 fully saturated rings. The molecule has 0 unspecified atom stereocenters. The first-order valence-electron chi connectivity index (χ1n) is 8.58. The maximum Gasteiger partial charge on any atom is 0.316 e. The SMILES string of the molecule is CSCC[C@@H](NC(C)=O)C(=O)NC1CCC(Oc2ncccn2)CC1. The van der Waals surface area contributed by atoms with E-state index in [9.17, 15) is 9.59 Å². The molecule has 0 spiro atoms. The van der Waals surface area contributed by atoms with E-state index in [-0.39, 0.29) is 24.0 Å². The number of amides is 2. The van der Waals surface area contributed by atoms with E-state index >= 15 is 0 Å². The van der Waals surface area contributed by atoms with E-state index in [1.807, 2.05) is 6.26 Å². The van der Waals surface area contributed by atoms with E-state index < -0.39 is 6.04 Å². The van der Waals surface area contributed by atoms with Crippen molar-refractivity contribution in [2.45, 2.75) is 57.2 Å². The average molecular weight is 366 g/mol. The highest BCUT2D eigenvalue weighted by Gasteiger charge is 2.27. The second kappa shape index (κ2) is 10.2. The molecule has 1 aliphatic carbocycles. The van der Waals surface area contributed by atoms with E-state index in [1.54, 1.807) is 30.2 Å². The third-order valence-corrected chi connectivity index (χ3v) is 4.78. The van der Waals surface area contributed by atoms with Crippen molar-refractivity contribution in [2.24, 2.45) is 0 Å². The van der Waals surface area contributed by atoms with Crippen LogP contribution in [0.25, 0.3) is 0 Å². The van der Waals surface area contributed by atoms with Crippen LogP contribution < -0.4 is 15.4 Å². The summed E-state index contributed by atoms with van der Waals surface area (Å²) in [5.41, 5.74) is 0. The summed E-state index contributed by atoms with van der Waals surface area (Å²) in [4.78, 5) is 31.9. The van der Waals surface area contributed by atoms with Gasteiger partial charge in [0.05, 0.1) is 0 Å². The third kappa shape index (κ3) is 6.89. The number of rotatable bonds is 8. The van der Waals surface area contributed by atoms with Gasteiger partial charge >= 0.3 is 6.01 Å². The Bertz CT molecular complexity index is 550. The van der Waals surface area contributed by atoms with Crippen molar-refractivity contribution in [1.29, 1.82) is 0 Å². The average Bonchev–Trinajstić information content (AvgIpc) is 2.61. The Morgan fingerprint density at radius 3 is 2.56 bits per heavy atom. The predicted octanol–water partition coefficient (Wildman–Crippen LogP) is 1.54. The highest BCUT2D eigenvalue weighted by molar-refractivity contribution is 7.98. The quantitative estimate of drug-likeness (QED) is 0.725. The lowest BCUT2D eigenvalue weighted by Crippen LogP contribution is -2.50. The normalized spacial score (nSPS) is 21.2. The van der Waals surface area contributed by atoms with Crippen LogP contribution in [0, 0.1) is 0 Å². The monoisotopic (exact) mass is 366 g/mol. The molecule has 25 heavy (non-hydrogen) atoms. The molecule has 1 saturated carbocycles. The van der Waals surface area contributed by atoms with Gasteiger partial charge in [-0.1, -0.05) is 0 Å². The number of hydrogen-bond acceptors (Lipinski definition) is 6. The van der Waals surface area contributed by atoms with Gasteiger partial charge in [0.15, 0.2) is 0 Å². The molecule has 0 radical (unpaired) electrons. The number of ether oxygens (including phenoxy) is 1. The molecule has 1 aromatic heterocycles. The summed E-state index contributed by atoms with van der Waals surface area (Å²) in [6, 6.07) is 1.81. The number of hydrogen-bond donors (Lipinski definition) is 2. The van der Waals surface area contributed by atoms with E-state index in [0.717, 1.165) is 31.4 Å². The third-order valence-electron chi connectivity index (χ3n) is 4.14. The maximum atomic E-state index is 12.4. The largest absolute Gasteiger partial charge is 0.460 e. The molecule has 8 heteroatoms. The number of carbonyl (C=O) groups is 2. The van der Waals surface area contributed by atoms with Gasteiger partial charge in [-0.2, -0.15) is 11.8 Å². The Morgan fingerprint density at radius 2 is 1.96 bits per heavy atom. The highest BCUT2D eigenvalue weighted by atomic mass is 32.2. The number of nitrogens with one attached hydrogen (secondary N) is 2. The number of nitrogens with zero attached hydrogens (tertiary/aromatic N) is 2. The second-order valence-corrected chi connectivity index (χ2v) is 7.15. The summed E-state index contributed by atoms with van der Waals surface area (Å²) in [7, 11) is 0. The molecule has 2 N–H and O–H groups in total. The first-order chi connectivity index (χ1) is 12.1. The van der Waals surface area contributed by atoms with Gasteiger partial charge in [0, 0.05) is 25.4 Å². The minimum Gasteiger partial charge on any atom is -0.460 e. The van der Waals surface area contributed by atoms with Crippen LogP contribution in [0.3, 0.4) is 0 Å². The van der Waals surface area contributed by atoms with Crippen molar-refractivity contribution in [3.8, 4) is 6.01 Å². The van der Waals surface area contributed by atoms with Crippen molar-refractivity contribution in [3.63, 3.8) is 0 Å². The van der Waals surface area contributed by atoms with Crippen LogP contribution in [0.1, 0.15) is 39.0 Å². The number of aromatic nitrogens is 2. The Kier molecular flexibility index (Phi) is 7.97. The van der Waals surface area contributed by atoms with Gasteiger partial charge in [-0.05, 0) is 50.2 Å². The fourth-order valence-electron chi connectivity index (χ4n) is 2.87. The number of thioether (sulfide) groups is 1. The molecule has 1 heterocycles. The van der Waals surface area contributed by atoms with Crippen LogP contribution in [-0.2, 0) is 9.59 Å². The molecular formula is C17H26N4O3S. The molecule has 138 valence electrons. The van der Waals surface area contributed by atoms with Crippen LogP contribution in [0.4, 0.5) is 0 Å². The molecule has 2 amide bonds. The van der Waals surface area contributed by atoms with Gasteiger partial charge in [0.1, 0.15) is 12.1 Å². The summed E-state index contributed by atoms with van der Waals surface area (Å²) < 4.78 is 5.77. The molecule has 2 rings (SSSR count). The van der Waals surface area contributed by atoms with Gasteiger partial charge < -0.3 is 15.4 Å². The lowest BCUT2D eigenvalue weighted by molar-refractivity contribution is -0.128. The fourth-order valence-corrected chi connectivity index (χ4v) is 3.34. The first kappa shape index (κ1) is 19.5. The van der Waals surface area contributed by atoms with Crippen molar-refractivity contribution in [2.75, 3.05) is 12.0 Å². The van der Waals surface area contributed by atoms with Gasteiger partial charge in [0.2, 0.25) is 11.8 Å². The summed E-state index contributed by atoms with van der Waals surface area (Å²) in [5, 5.41) is 5.81. The Morgan fingerprint density at radius 1 is 1.28 bits per heavy atom. The topological polar surface area (TPSA) is 93.2 Å². The van der Waals surface area contributed by atoms with E-state index in [4.69, 9.17) is 4.74 Å². The summed E-state index contributed by atoms with van der Waals surface area (Å²) in [6.07, 6.45) is 9.40. The first-order valence-corrected chi connectivity index (χ1v) is 9.98. The lowest BCUT2D eigenvalue weighted by Gasteiger charge is -2.30. The van der Waals surface area contributed by atoms with Crippen molar-refractivity contribution in [3.05, 3.63) is 18.5 Å². The fraction of sp³-hybridized carbons (Fsp3) is 0.647. The molecular weight excluding hydrogens is 340 g/mol. The summed E-state index contributed by atoms with van der Waals surface area (Å²) in [6.45, 7) is 1.44. The minimum absolute atomic E-state index is 0.0817. The second-order valence-electron chi connectivity index (χ2n) is 6.17. The summed E-state index contributed by atoms with van der Waals surface area (Å²) >= 11 is 1.66. The Hall–Kier alpha value is -1.83. The molecule has 1 aromatic rings. The predicted molar refractivity (Wildman–Crippen MR) is 97.5 cm³/mol. The van der Waals surface area contributed by atoms with Crippen LogP contribution in [0.15, 0.2) is 18.5 Å². The highest BCUT2D eigenvalue weighted by Crippen LogP contribution is 2.22. The number of carbonyl (C=O) groups excluding carboxylic acids is 2. The van der Waals surface area contributed by atoms with E-state index in [2.05, 4.69) is 20.6 Å².